The highest BCUT2D eigenvalue weighted by Gasteiger charge is 2.34. The first-order valence-electron chi connectivity index (χ1n) is 7.00. The first-order chi connectivity index (χ1) is 9.47. The van der Waals surface area contributed by atoms with Crippen molar-refractivity contribution < 1.29 is 9.05 Å². The molecule has 1 fully saturated rings. The van der Waals surface area contributed by atoms with Crippen molar-refractivity contribution in [1.82, 2.24) is 4.67 Å². The van der Waals surface area contributed by atoms with Gasteiger partial charge in [-0.25, -0.2) is 4.67 Å². The van der Waals surface area contributed by atoms with Gasteiger partial charge in [-0.3, -0.25) is 0 Å². The lowest BCUT2D eigenvalue weighted by molar-refractivity contribution is 0.144. The third-order valence-electron chi connectivity index (χ3n) is 2.86. The van der Waals surface area contributed by atoms with Gasteiger partial charge in [-0.05, 0) is 34.6 Å². The van der Waals surface area contributed by atoms with Crippen molar-refractivity contribution in [2.24, 2.45) is 0 Å². The molecule has 0 radical (unpaired) electrons. The van der Waals surface area contributed by atoms with Crippen molar-refractivity contribution in [1.29, 1.82) is 5.26 Å². The Hall–Kier alpha value is 0.500. The van der Waals surface area contributed by atoms with Crippen LogP contribution in [0.4, 0.5) is 0 Å². The molecular weight excluding hydrogens is 311 g/mol. The van der Waals surface area contributed by atoms with E-state index in [-0.39, 0.29) is 6.10 Å². The van der Waals surface area contributed by atoms with Gasteiger partial charge >= 0.3 is 0 Å². The Morgan fingerprint density at radius 1 is 1.35 bits per heavy atom. The van der Waals surface area contributed by atoms with Crippen molar-refractivity contribution in [3.05, 3.63) is 0 Å². The highest BCUT2D eigenvalue weighted by atomic mass is 33.1. The van der Waals surface area contributed by atoms with Crippen LogP contribution in [0.25, 0.3) is 0 Å². The smallest absolute Gasteiger partial charge is 0.259 e. The van der Waals surface area contributed by atoms with Crippen LogP contribution in [0.5, 0.6) is 0 Å². The fraction of sp³-hybridized carbons (Fsp3) is 0.923. The zero-order chi connectivity index (χ0) is 15.1. The SMILES string of the molecule is CC1SSCC1OP(OCCC#N)N(C(C)C)C(C)C. The lowest BCUT2D eigenvalue weighted by Gasteiger charge is -2.37. The van der Waals surface area contributed by atoms with Crippen LogP contribution in [0, 0.1) is 11.3 Å². The average molecular weight is 336 g/mol. The second kappa shape index (κ2) is 9.50. The molecule has 0 aromatic carbocycles. The first-order valence-corrected chi connectivity index (χ1v) is 10.5. The summed E-state index contributed by atoms with van der Waals surface area (Å²) in [5.74, 6) is 1.01. The molecule has 0 spiro atoms. The van der Waals surface area contributed by atoms with E-state index in [4.69, 9.17) is 14.3 Å². The Balaban J connectivity index is 2.69. The standard InChI is InChI=1S/C13H25N2O2PS2/c1-10(2)15(11(3)4)18(16-8-6-7-14)17-13-9-19-20-12(13)5/h10-13H,6,8-9H2,1-5H3. The molecule has 0 amide bonds. The van der Waals surface area contributed by atoms with E-state index in [0.717, 1.165) is 5.75 Å². The Morgan fingerprint density at radius 2 is 2.00 bits per heavy atom. The maximum Gasteiger partial charge on any atom is 0.259 e. The maximum absolute atomic E-state index is 8.68. The largest absolute Gasteiger partial charge is 0.321 e. The zero-order valence-corrected chi connectivity index (χ0v) is 15.4. The van der Waals surface area contributed by atoms with Crippen molar-refractivity contribution in [2.45, 2.75) is 64.5 Å². The molecule has 4 nitrogen and oxygen atoms in total. The van der Waals surface area contributed by atoms with Gasteiger partial charge in [-0.1, -0.05) is 21.6 Å². The average Bonchev–Trinajstić information content (AvgIpc) is 2.74. The first kappa shape index (κ1) is 18.5. The number of hydrogen-bond donors (Lipinski definition) is 0. The van der Waals surface area contributed by atoms with Crippen LogP contribution in [0.2, 0.25) is 0 Å². The van der Waals surface area contributed by atoms with Crippen LogP contribution < -0.4 is 0 Å². The molecule has 0 bridgehead atoms. The van der Waals surface area contributed by atoms with Crippen LogP contribution >= 0.6 is 30.1 Å². The van der Waals surface area contributed by atoms with Gasteiger partial charge in [-0.15, -0.1) is 0 Å². The predicted octanol–water partition coefficient (Wildman–Crippen LogP) is 4.43. The molecule has 116 valence electrons. The van der Waals surface area contributed by atoms with Crippen molar-refractivity contribution in [3.8, 4) is 6.07 Å². The Morgan fingerprint density at radius 3 is 2.45 bits per heavy atom. The summed E-state index contributed by atoms with van der Waals surface area (Å²) in [5.41, 5.74) is 0. The van der Waals surface area contributed by atoms with E-state index >= 15 is 0 Å². The maximum atomic E-state index is 8.68. The topological polar surface area (TPSA) is 45.5 Å². The van der Waals surface area contributed by atoms with Crippen molar-refractivity contribution >= 4 is 30.1 Å². The molecule has 1 saturated heterocycles. The monoisotopic (exact) mass is 336 g/mol. The van der Waals surface area contributed by atoms with Crippen LogP contribution in [0.15, 0.2) is 0 Å². The number of nitriles is 1. The molecule has 1 aliphatic heterocycles. The third kappa shape index (κ3) is 5.71. The normalized spacial score (nSPS) is 24.6. The fourth-order valence-electron chi connectivity index (χ4n) is 1.94. The molecule has 1 heterocycles. The predicted molar refractivity (Wildman–Crippen MR) is 89.6 cm³/mol. The summed E-state index contributed by atoms with van der Waals surface area (Å²) in [6.07, 6.45) is 0.647. The molecule has 1 rings (SSSR count). The summed E-state index contributed by atoms with van der Waals surface area (Å²) in [5, 5.41) is 9.17. The summed E-state index contributed by atoms with van der Waals surface area (Å²) in [6, 6.07) is 2.85. The Bertz CT molecular complexity index is 318. The van der Waals surface area contributed by atoms with E-state index in [1.54, 1.807) is 0 Å². The van der Waals surface area contributed by atoms with Gasteiger partial charge in [0.05, 0.1) is 25.2 Å². The second-order valence-electron chi connectivity index (χ2n) is 5.28. The Labute approximate surface area is 132 Å². The summed E-state index contributed by atoms with van der Waals surface area (Å²) in [7, 11) is 2.65. The van der Waals surface area contributed by atoms with Crippen LogP contribution in [0.1, 0.15) is 41.0 Å². The lowest BCUT2D eigenvalue weighted by Crippen LogP contribution is -2.35. The minimum Gasteiger partial charge on any atom is -0.321 e. The quantitative estimate of drug-likeness (QED) is 0.371. The molecule has 0 N–H and O–H groups in total. The van der Waals surface area contributed by atoms with E-state index in [9.17, 15) is 0 Å². The van der Waals surface area contributed by atoms with E-state index < -0.39 is 8.53 Å². The number of hydrogen-bond acceptors (Lipinski definition) is 6. The summed E-state index contributed by atoms with van der Waals surface area (Å²) in [4.78, 5) is 0. The minimum absolute atomic E-state index is 0.234. The lowest BCUT2D eigenvalue weighted by atomic mass is 10.3. The molecule has 3 unspecified atom stereocenters. The van der Waals surface area contributed by atoms with Crippen molar-refractivity contribution in [2.75, 3.05) is 12.4 Å². The van der Waals surface area contributed by atoms with E-state index in [1.165, 1.54) is 0 Å². The van der Waals surface area contributed by atoms with Gasteiger partial charge in [0.1, 0.15) is 0 Å². The number of nitrogens with zero attached hydrogens (tertiary/aromatic N) is 2. The van der Waals surface area contributed by atoms with E-state index in [0.29, 0.717) is 30.4 Å². The number of rotatable bonds is 8. The summed E-state index contributed by atoms with van der Waals surface area (Å²) < 4.78 is 14.5. The van der Waals surface area contributed by atoms with Gasteiger partial charge in [0, 0.05) is 23.1 Å². The molecule has 7 heteroatoms. The fourth-order valence-corrected chi connectivity index (χ4v) is 6.75. The summed E-state index contributed by atoms with van der Waals surface area (Å²) in [6.45, 7) is 11.3. The third-order valence-corrected chi connectivity index (χ3v) is 7.95. The minimum atomic E-state index is -1.10. The molecule has 20 heavy (non-hydrogen) atoms. The van der Waals surface area contributed by atoms with Crippen LogP contribution in [-0.4, -0.2) is 40.5 Å². The van der Waals surface area contributed by atoms with Gasteiger partial charge in [0.2, 0.25) is 0 Å². The van der Waals surface area contributed by atoms with E-state index in [1.807, 2.05) is 21.6 Å². The highest BCUT2D eigenvalue weighted by molar-refractivity contribution is 8.77. The van der Waals surface area contributed by atoms with Crippen LogP contribution in [-0.2, 0) is 9.05 Å². The van der Waals surface area contributed by atoms with Crippen LogP contribution in [0.3, 0.4) is 0 Å². The van der Waals surface area contributed by atoms with E-state index in [2.05, 4.69) is 45.4 Å². The molecular formula is C13H25N2O2PS2. The van der Waals surface area contributed by atoms with Gasteiger partial charge in [0.15, 0.2) is 0 Å². The van der Waals surface area contributed by atoms with Crippen molar-refractivity contribution in [3.63, 3.8) is 0 Å². The van der Waals surface area contributed by atoms with Gasteiger partial charge in [-0.2, -0.15) is 5.26 Å². The summed E-state index contributed by atoms with van der Waals surface area (Å²) >= 11 is 0. The molecule has 3 atom stereocenters. The zero-order valence-electron chi connectivity index (χ0n) is 12.9. The van der Waals surface area contributed by atoms with Gasteiger partial charge in [0.25, 0.3) is 8.53 Å². The molecule has 0 aliphatic carbocycles. The van der Waals surface area contributed by atoms with Gasteiger partial charge < -0.3 is 9.05 Å². The molecule has 0 saturated carbocycles. The second-order valence-corrected chi connectivity index (χ2v) is 9.47. The Kier molecular flexibility index (Phi) is 8.81. The molecule has 0 aromatic heterocycles. The molecule has 0 aromatic rings. The molecule has 1 aliphatic rings. The highest BCUT2D eigenvalue weighted by Crippen LogP contribution is 2.51.